The summed E-state index contributed by atoms with van der Waals surface area (Å²) in [5.74, 6) is -0.0996. The predicted molar refractivity (Wildman–Crippen MR) is 170 cm³/mol. The highest BCUT2D eigenvalue weighted by Crippen LogP contribution is 2.51. The van der Waals surface area contributed by atoms with Gasteiger partial charge >= 0.3 is 11.9 Å². The molecule has 0 spiro atoms. The van der Waals surface area contributed by atoms with E-state index in [0.29, 0.717) is 35.8 Å². The molecule has 1 unspecified atom stereocenters. The van der Waals surface area contributed by atoms with Crippen LogP contribution in [0.15, 0.2) is 34.1 Å². The molecule has 3 atom stereocenters. The van der Waals surface area contributed by atoms with Crippen LogP contribution >= 0.6 is 11.8 Å². The summed E-state index contributed by atoms with van der Waals surface area (Å²) in [6.45, 7) is 8.31. The van der Waals surface area contributed by atoms with Gasteiger partial charge in [-0.3, -0.25) is 14.0 Å². The number of carbonyl (C=O) groups is 1. The number of aryl methyl sites for hydroxylation is 1. The van der Waals surface area contributed by atoms with E-state index in [9.17, 15) is 14.0 Å². The molecule has 3 aliphatic rings. The van der Waals surface area contributed by atoms with Crippen LogP contribution in [0.1, 0.15) is 45.2 Å². The molecule has 0 aliphatic carbocycles. The van der Waals surface area contributed by atoms with E-state index in [1.54, 1.807) is 16.5 Å². The van der Waals surface area contributed by atoms with E-state index in [2.05, 4.69) is 15.0 Å². The number of carbonyl (C=O) groups excluding carboxylic acids is 1. The van der Waals surface area contributed by atoms with Gasteiger partial charge in [-0.05, 0) is 58.0 Å². The van der Waals surface area contributed by atoms with E-state index in [1.165, 1.54) is 41.7 Å². The molecule has 7 rings (SSSR count). The first-order valence-electron chi connectivity index (χ1n) is 15.5. The van der Waals surface area contributed by atoms with Gasteiger partial charge in [-0.1, -0.05) is 0 Å². The molecule has 46 heavy (non-hydrogen) atoms. The maximum atomic E-state index is 15.2. The van der Waals surface area contributed by atoms with E-state index in [-0.39, 0.29) is 57.3 Å². The van der Waals surface area contributed by atoms with Crippen molar-refractivity contribution in [1.82, 2.24) is 29.1 Å². The van der Waals surface area contributed by atoms with E-state index < -0.39 is 23.2 Å². The van der Waals surface area contributed by atoms with Crippen molar-refractivity contribution in [3.63, 3.8) is 0 Å². The third-order valence-electron chi connectivity index (χ3n) is 9.68. The molecule has 0 saturated carbocycles. The molecule has 0 N–H and O–H groups in total. The molecule has 2 saturated heterocycles. The van der Waals surface area contributed by atoms with Gasteiger partial charge in [-0.25, -0.2) is 9.18 Å². The Labute approximate surface area is 267 Å². The van der Waals surface area contributed by atoms with Crippen molar-refractivity contribution in [2.24, 2.45) is 7.05 Å². The average Bonchev–Trinajstić information content (AvgIpc) is 3.66. The number of hydrogen-bond donors (Lipinski definition) is 0. The lowest BCUT2D eigenvalue weighted by Crippen LogP contribution is -2.58. The van der Waals surface area contributed by atoms with Crippen LogP contribution < -0.4 is 10.6 Å². The summed E-state index contributed by atoms with van der Waals surface area (Å²) in [4.78, 5) is 37.1. The summed E-state index contributed by atoms with van der Waals surface area (Å²) in [6, 6.07) is 2.82. The van der Waals surface area contributed by atoms with Crippen molar-refractivity contribution in [2.75, 3.05) is 43.4 Å². The Balaban J connectivity index is 1.54. The van der Waals surface area contributed by atoms with Crippen LogP contribution in [0.2, 0.25) is 0 Å². The minimum Gasteiger partial charge on any atom is -0.349 e. The molecule has 2 aromatic carbocycles. The van der Waals surface area contributed by atoms with Crippen molar-refractivity contribution in [3.8, 4) is 11.1 Å². The number of halogens is 4. The first-order valence-corrected chi connectivity index (χ1v) is 16.5. The first kappa shape index (κ1) is 31.0. The molecule has 1 amide bonds. The zero-order chi connectivity index (χ0) is 32.7. The number of aromatic nitrogens is 4. The minimum absolute atomic E-state index is 0.0881. The van der Waals surface area contributed by atoms with Gasteiger partial charge in [0.2, 0.25) is 5.91 Å². The lowest BCUT2D eigenvalue weighted by atomic mass is 9.94. The normalized spacial score (nSPS) is 22.4. The Morgan fingerprint density at radius 3 is 2.50 bits per heavy atom. The highest BCUT2D eigenvalue weighted by atomic mass is 32.2. The Bertz CT molecular complexity index is 1930. The summed E-state index contributed by atoms with van der Waals surface area (Å²) in [5.41, 5.74) is -0.644. The van der Waals surface area contributed by atoms with Crippen molar-refractivity contribution in [2.45, 2.75) is 62.8 Å². The highest BCUT2D eigenvalue weighted by Gasteiger charge is 2.41. The van der Waals surface area contributed by atoms with E-state index in [0.717, 1.165) is 32.0 Å². The number of thioether (sulfide) groups is 1. The molecule has 2 aromatic heterocycles. The largest absolute Gasteiger partial charge is 0.417 e. The number of hydrogen-bond acceptors (Lipinski definition) is 7. The van der Waals surface area contributed by atoms with Crippen LogP contribution in [0.25, 0.3) is 32.9 Å². The lowest BCUT2D eigenvalue weighted by molar-refractivity contribution is -0.137. The van der Waals surface area contributed by atoms with Crippen molar-refractivity contribution in [1.29, 1.82) is 0 Å². The third kappa shape index (κ3) is 4.95. The summed E-state index contributed by atoms with van der Waals surface area (Å²) in [5, 5.41) is 4.52. The molecule has 0 radical (unpaired) electrons. The van der Waals surface area contributed by atoms with Crippen LogP contribution in [-0.4, -0.2) is 85.6 Å². The Morgan fingerprint density at radius 1 is 1.07 bits per heavy atom. The standard InChI is InChI=1S/C32H35F4N7O2S/c1-17-14-42(18(2)13-41(17)19(3)44)30-22-11-24(32(34,35)36)26(21-7-8-25(33)23-12-37-39(4)27(21)23)29-28(22)43(31(45)38-30)20(16-46-29)15-40-9-5-6-10-40/h7-8,11-12,17-18,20H,5-6,9-10,13-16H2,1-4H3/t17-,18+,20?/m1/s1. The molecular formula is C32H35F4N7O2S. The van der Waals surface area contributed by atoms with E-state index in [4.69, 9.17) is 0 Å². The molecule has 0 bridgehead atoms. The number of benzene rings is 2. The summed E-state index contributed by atoms with van der Waals surface area (Å²) in [6.07, 6.45) is -1.35. The lowest BCUT2D eigenvalue weighted by Gasteiger charge is -2.45. The van der Waals surface area contributed by atoms with Gasteiger partial charge in [-0.2, -0.15) is 23.3 Å². The number of rotatable bonds is 4. The molecule has 4 aromatic rings. The van der Waals surface area contributed by atoms with Gasteiger partial charge in [0, 0.05) is 72.9 Å². The zero-order valence-electron chi connectivity index (χ0n) is 26.1. The number of amides is 1. The van der Waals surface area contributed by atoms with Gasteiger partial charge in [0.05, 0.1) is 34.2 Å². The average molecular weight is 658 g/mol. The van der Waals surface area contributed by atoms with Gasteiger partial charge in [-0.15, -0.1) is 11.8 Å². The maximum absolute atomic E-state index is 15.2. The second-order valence-corrected chi connectivity index (χ2v) is 13.8. The molecule has 14 heteroatoms. The Kier molecular flexibility index (Phi) is 7.58. The molecular weight excluding hydrogens is 622 g/mol. The van der Waals surface area contributed by atoms with Crippen LogP contribution in [0, 0.1) is 5.82 Å². The number of piperazine rings is 1. The number of likely N-dealkylation sites (tertiary alicyclic amines) is 1. The van der Waals surface area contributed by atoms with E-state index >= 15 is 13.2 Å². The van der Waals surface area contributed by atoms with Crippen molar-refractivity contribution < 1.29 is 22.4 Å². The second kappa shape index (κ2) is 11.3. The topological polar surface area (TPSA) is 79.5 Å². The highest BCUT2D eigenvalue weighted by molar-refractivity contribution is 7.99. The van der Waals surface area contributed by atoms with Gasteiger partial charge < -0.3 is 14.7 Å². The fourth-order valence-electron chi connectivity index (χ4n) is 7.52. The first-order chi connectivity index (χ1) is 21.8. The SMILES string of the molecule is CC(=O)N1C[C@H](C)N(c2nc(=O)n3c4c(c(-c5ccc(F)c6cnn(C)c56)c(C(F)(F)F)cc24)SCC3CN2CCCC2)C[C@H]1C. The minimum atomic E-state index is -4.78. The predicted octanol–water partition coefficient (Wildman–Crippen LogP) is 5.30. The zero-order valence-corrected chi connectivity index (χ0v) is 26.9. The van der Waals surface area contributed by atoms with Crippen LogP contribution in [0.5, 0.6) is 0 Å². The van der Waals surface area contributed by atoms with Gasteiger partial charge in [0.15, 0.2) is 0 Å². The number of fused-ring (bicyclic) bond motifs is 1. The van der Waals surface area contributed by atoms with E-state index in [1.807, 2.05) is 18.7 Å². The number of anilines is 1. The Hall–Kier alpha value is -3.65. The summed E-state index contributed by atoms with van der Waals surface area (Å²) in [7, 11) is 1.57. The quantitative estimate of drug-likeness (QED) is 0.276. The third-order valence-corrected chi connectivity index (χ3v) is 10.9. The smallest absolute Gasteiger partial charge is 0.349 e. The molecule has 244 valence electrons. The molecule has 5 heterocycles. The summed E-state index contributed by atoms with van der Waals surface area (Å²) < 4.78 is 63.5. The molecule has 3 aliphatic heterocycles. The fraction of sp³-hybridized carbons (Fsp3) is 0.500. The number of nitrogens with zero attached hydrogens (tertiary/aromatic N) is 7. The summed E-state index contributed by atoms with van der Waals surface area (Å²) >= 11 is 1.31. The van der Waals surface area contributed by atoms with Crippen LogP contribution in [0.4, 0.5) is 23.4 Å². The van der Waals surface area contributed by atoms with Crippen LogP contribution in [-0.2, 0) is 18.0 Å². The van der Waals surface area contributed by atoms with Crippen LogP contribution in [0.3, 0.4) is 0 Å². The van der Waals surface area contributed by atoms with Gasteiger partial charge in [0.1, 0.15) is 11.6 Å². The van der Waals surface area contributed by atoms with Crippen molar-refractivity contribution >= 4 is 45.3 Å². The second-order valence-electron chi connectivity index (χ2n) is 12.7. The van der Waals surface area contributed by atoms with Crippen molar-refractivity contribution in [3.05, 3.63) is 46.3 Å². The Morgan fingerprint density at radius 2 is 1.80 bits per heavy atom. The maximum Gasteiger partial charge on any atom is 0.417 e. The van der Waals surface area contributed by atoms with Gasteiger partial charge in [0.25, 0.3) is 0 Å². The number of alkyl halides is 3. The fourth-order valence-corrected chi connectivity index (χ4v) is 8.84. The monoisotopic (exact) mass is 657 g/mol. The molecule has 2 fully saturated rings. The molecule has 9 nitrogen and oxygen atoms in total.